The van der Waals surface area contributed by atoms with Gasteiger partial charge in [0.1, 0.15) is 18.4 Å². The third-order valence-electron chi connectivity index (χ3n) is 3.52. The fourth-order valence-electron chi connectivity index (χ4n) is 2.18. The van der Waals surface area contributed by atoms with Gasteiger partial charge in [-0.1, -0.05) is 12.1 Å². The molecule has 0 spiro atoms. The monoisotopic (exact) mass is 330 g/mol. The van der Waals surface area contributed by atoms with Gasteiger partial charge in [0.2, 0.25) is 5.91 Å². The zero-order chi connectivity index (χ0) is 17.5. The van der Waals surface area contributed by atoms with Crippen molar-refractivity contribution in [3.05, 3.63) is 54.0 Å². The Bertz CT molecular complexity index is 682. The average molecular weight is 330 g/mol. The van der Waals surface area contributed by atoms with Crippen LogP contribution in [-0.4, -0.2) is 43.0 Å². The second-order valence-corrected chi connectivity index (χ2v) is 5.60. The molecule has 0 fully saturated rings. The Hall–Kier alpha value is -2.76. The molecule has 1 aromatic heterocycles. The van der Waals surface area contributed by atoms with E-state index in [1.54, 1.807) is 26.1 Å². The van der Waals surface area contributed by atoms with E-state index in [9.17, 15) is 9.59 Å². The van der Waals surface area contributed by atoms with Crippen molar-refractivity contribution in [2.45, 2.75) is 19.9 Å². The van der Waals surface area contributed by atoms with Crippen LogP contribution in [0.15, 0.2) is 47.1 Å². The van der Waals surface area contributed by atoms with Gasteiger partial charge in [-0.2, -0.15) is 0 Å². The Morgan fingerprint density at radius 1 is 1.29 bits per heavy atom. The smallest absolute Gasteiger partial charge is 0.287 e. The summed E-state index contributed by atoms with van der Waals surface area (Å²) in [5, 5.41) is 2.61. The van der Waals surface area contributed by atoms with E-state index in [4.69, 9.17) is 9.15 Å². The Labute approximate surface area is 141 Å². The van der Waals surface area contributed by atoms with Crippen molar-refractivity contribution in [1.29, 1.82) is 0 Å². The molecule has 0 radical (unpaired) electrons. The second-order valence-electron chi connectivity index (χ2n) is 5.60. The summed E-state index contributed by atoms with van der Waals surface area (Å²) < 4.78 is 10.6. The molecule has 128 valence electrons. The van der Waals surface area contributed by atoms with Crippen LogP contribution in [0.5, 0.6) is 5.75 Å². The quantitative estimate of drug-likeness (QED) is 0.845. The van der Waals surface area contributed by atoms with Crippen LogP contribution in [0.25, 0.3) is 0 Å². The zero-order valence-electron chi connectivity index (χ0n) is 14.1. The number of carbonyl (C=O) groups excluding carboxylic acids is 2. The van der Waals surface area contributed by atoms with E-state index in [1.165, 1.54) is 11.2 Å². The van der Waals surface area contributed by atoms with Crippen molar-refractivity contribution < 1.29 is 18.7 Å². The first-order valence-corrected chi connectivity index (χ1v) is 7.76. The number of nitrogens with one attached hydrogen (secondary N) is 1. The molecule has 0 saturated heterocycles. The van der Waals surface area contributed by atoms with Gasteiger partial charge < -0.3 is 19.4 Å². The summed E-state index contributed by atoms with van der Waals surface area (Å²) in [4.78, 5) is 25.7. The molecule has 1 heterocycles. The van der Waals surface area contributed by atoms with Crippen LogP contribution in [-0.2, 0) is 4.79 Å². The summed E-state index contributed by atoms with van der Waals surface area (Å²) in [6, 6.07) is 10.3. The highest BCUT2D eigenvalue weighted by atomic mass is 16.5. The summed E-state index contributed by atoms with van der Waals surface area (Å²) in [5.74, 6) is 0.350. The average Bonchev–Trinajstić information content (AvgIpc) is 3.08. The van der Waals surface area contributed by atoms with Crippen molar-refractivity contribution in [1.82, 2.24) is 10.2 Å². The summed E-state index contributed by atoms with van der Waals surface area (Å²) in [6.45, 7) is 4.44. The van der Waals surface area contributed by atoms with Crippen molar-refractivity contribution in [2.24, 2.45) is 0 Å². The highest BCUT2D eigenvalue weighted by Crippen LogP contribution is 2.12. The van der Waals surface area contributed by atoms with E-state index >= 15 is 0 Å². The SMILES string of the molecule is Cc1cccc(OCCN(C)C(=O)C(C)NC(=O)c2ccco2)c1. The number of amides is 2. The summed E-state index contributed by atoms with van der Waals surface area (Å²) >= 11 is 0. The number of likely N-dealkylation sites (N-methyl/N-ethyl adjacent to an activating group) is 1. The Balaban J connectivity index is 1.77. The molecule has 24 heavy (non-hydrogen) atoms. The summed E-state index contributed by atoms with van der Waals surface area (Å²) in [6.07, 6.45) is 1.41. The Morgan fingerprint density at radius 3 is 2.75 bits per heavy atom. The lowest BCUT2D eigenvalue weighted by molar-refractivity contribution is -0.131. The first kappa shape index (κ1) is 17.6. The number of aryl methyl sites for hydroxylation is 1. The van der Waals surface area contributed by atoms with Gasteiger partial charge in [-0.3, -0.25) is 9.59 Å². The van der Waals surface area contributed by atoms with Gasteiger partial charge in [0, 0.05) is 7.05 Å². The number of benzene rings is 1. The number of rotatable bonds is 7. The molecule has 0 bridgehead atoms. The predicted molar refractivity (Wildman–Crippen MR) is 89.9 cm³/mol. The van der Waals surface area contributed by atoms with Crippen molar-refractivity contribution >= 4 is 11.8 Å². The van der Waals surface area contributed by atoms with E-state index in [0.717, 1.165) is 11.3 Å². The molecule has 2 amide bonds. The number of nitrogens with zero attached hydrogens (tertiary/aromatic N) is 1. The molecule has 1 aromatic carbocycles. The van der Waals surface area contributed by atoms with Crippen LogP contribution < -0.4 is 10.1 Å². The molecule has 1 unspecified atom stereocenters. The van der Waals surface area contributed by atoms with Gasteiger partial charge in [0.25, 0.3) is 5.91 Å². The summed E-state index contributed by atoms with van der Waals surface area (Å²) in [5.41, 5.74) is 1.12. The van der Waals surface area contributed by atoms with Gasteiger partial charge >= 0.3 is 0 Å². The minimum Gasteiger partial charge on any atom is -0.492 e. The molecule has 6 heteroatoms. The Kier molecular flexibility index (Phi) is 6.01. The summed E-state index contributed by atoms with van der Waals surface area (Å²) in [7, 11) is 1.68. The highest BCUT2D eigenvalue weighted by molar-refractivity contribution is 5.95. The third-order valence-corrected chi connectivity index (χ3v) is 3.52. The van der Waals surface area contributed by atoms with Crippen LogP contribution in [0, 0.1) is 6.92 Å². The van der Waals surface area contributed by atoms with Crippen LogP contribution in [0.3, 0.4) is 0 Å². The molecule has 1 atom stereocenters. The normalized spacial score (nSPS) is 11.6. The highest BCUT2D eigenvalue weighted by Gasteiger charge is 2.21. The van der Waals surface area contributed by atoms with Gasteiger partial charge in [0.05, 0.1) is 12.8 Å². The second kappa shape index (κ2) is 8.19. The molecule has 2 aromatic rings. The first-order valence-electron chi connectivity index (χ1n) is 7.76. The number of hydrogen-bond donors (Lipinski definition) is 1. The number of furan rings is 1. The lowest BCUT2D eigenvalue weighted by Gasteiger charge is -2.22. The lowest BCUT2D eigenvalue weighted by Crippen LogP contribution is -2.46. The maximum absolute atomic E-state index is 12.3. The lowest BCUT2D eigenvalue weighted by atomic mass is 10.2. The van der Waals surface area contributed by atoms with E-state index in [1.807, 2.05) is 31.2 Å². The van der Waals surface area contributed by atoms with E-state index in [2.05, 4.69) is 5.32 Å². The molecule has 0 saturated carbocycles. The van der Waals surface area contributed by atoms with Crippen LogP contribution >= 0.6 is 0 Å². The fourth-order valence-corrected chi connectivity index (χ4v) is 2.18. The minimum absolute atomic E-state index is 0.181. The maximum atomic E-state index is 12.3. The number of carbonyl (C=O) groups is 2. The van der Waals surface area contributed by atoms with E-state index in [-0.39, 0.29) is 11.7 Å². The molecular formula is C18H22N2O4. The van der Waals surface area contributed by atoms with Crippen molar-refractivity contribution in [3.63, 3.8) is 0 Å². The van der Waals surface area contributed by atoms with Crippen LogP contribution in [0.1, 0.15) is 23.0 Å². The maximum Gasteiger partial charge on any atom is 0.287 e. The molecular weight excluding hydrogens is 308 g/mol. The van der Waals surface area contributed by atoms with Gasteiger partial charge in [-0.05, 0) is 43.7 Å². The number of ether oxygens (including phenoxy) is 1. The van der Waals surface area contributed by atoms with Crippen LogP contribution in [0.4, 0.5) is 0 Å². The van der Waals surface area contributed by atoms with E-state index < -0.39 is 11.9 Å². The molecule has 6 nitrogen and oxygen atoms in total. The molecule has 0 aliphatic rings. The standard InChI is InChI=1S/C18H22N2O4/c1-13-6-4-7-15(12-13)23-11-9-20(3)18(22)14(2)19-17(21)16-8-5-10-24-16/h4-8,10,12,14H,9,11H2,1-3H3,(H,19,21). The molecule has 2 rings (SSSR count). The fraction of sp³-hybridized carbons (Fsp3) is 0.333. The van der Waals surface area contributed by atoms with Gasteiger partial charge in [-0.25, -0.2) is 0 Å². The van der Waals surface area contributed by atoms with Crippen molar-refractivity contribution in [2.75, 3.05) is 20.2 Å². The Morgan fingerprint density at radius 2 is 2.08 bits per heavy atom. The van der Waals surface area contributed by atoms with Crippen LogP contribution in [0.2, 0.25) is 0 Å². The predicted octanol–water partition coefficient (Wildman–Crippen LogP) is 2.24. The van der Waals surface area contributed by atoms with Gasteiger partial charge in [0.15, 0.2) is 5.76 Å². The largest absolute Gasteiger partial charge is 0.492 e. The third kappa shape index (κ3) is 4.87. The molecule has 0 aliphatic carbocycles. The van der Waals surface area contributed by atoms with E-state index in [0.29, 0.717) is 13.2 Å². The first-order chi connectivity index (χ1) is 11.5. The molecule has 1 N–H and O–H groups in total. The number of hydrogen-bond acceptors (Lipinski definition) is 4. The molecule has 0 aliphatic heterocycles. The zero-order valence-corrected chi connectivity index (χ0v) is 14.1. The van der Waals surface area contributed by atoms with Crippen molar-refractivity contribution in [3.8, 4) is 5.75 Å². The topological polar surface area (TPSA) is 71.8 Å². The minimum atomic E-state index is -0.647. The van der Waals surface area contributed by atoms with Gasteiger partial charge in [-0.15, -0.1) is 0 Å².